The summed E-state index contributed by atoms with van der Waals surface area (Å²) in [7, 11) is 1.94. The molecule has 20 heavy (non-hydrogen) atoms. The van der Waals surface area contributed by atoms with Crippen LogP contribution >= 0.6 is 0 Å². The van der Waals surface area contributed by atoms with Gasteiger partial charge in [0.25, 0.3) is 0 Å². The third-order valence-corrected chi connectivity index (χ3v) is 3.50. The first kappa shape index (κ1) is 12.9. The van der Waals surface area contributed by atoms with Crippen molar-refractivity contribution in [3.05, 3.63) is 47.9 Å². The van der Waals surface area contributed by atoms with Crippen molar-refractivity contribution < 1.29 is 0 Å². The van der Waals surface area contributed by atoms with Crippen molar-refractivity contribution in [2.75, 3.05) is 7.05 Å². The van der Waals surface area contributed by atoms with Gasteiger partial charge in [0, 0.05) is 24.7 Å². The van der Waals surface area contributed by atoms with Crippen LogP contribution in [0.3, 0.4) is 0 Å². The van der Waals surface area contributed by atoms with E-state index in [-0.39, 0.29) is 0 Å². The van der Waals surface area contributed by atoms with E-state index in [0.29, 0.717) is 6.54 Å². The lowest BCUT2D eigenvalue weighted by Gasteiger charge is -2.05. The standard InChI is InChI=1S/C15H19N5/c1-3-19-15-7-5-4-6-13(15)14(18-19)11-20-12(10-16-2)8-9-17-20/h4-9,16H,3,10-11H2,1-2H3. The van der Waals surface area contributed by atoms with Crippen LogP contribution in [0.15, 0.2) is 36.5 Å². The van der Waals surface area contributed by atoms with Crippen LogP contribution in [-0.2, 0) is 19.6 Å². The van der Waals surface area contributed by atoms with Gasteiger partial charge in [0.15, 0.2) is 0 Å². The molecule has 5 heteroatoms. The summed E-state index contributed by atoms with van der Waals surface area (Å²) in [4.78, 5) is 0. The number of rotatable bonds is 5. The maximum absolute atomic E-state index is 4.72. The summed E-state index contributed by atoms with van der Waals surface area (Å²) in [5.74, 6) is 0. The third kappa shape index (κ3) is 2.20. The van der Waals surface area contributed by atoms with Crippen LogP contribution in [0.5, 0.6) is 0 Å². The summed E-state index contributed by atoms with van der Waals surface area (Å²) < 4.78 is 4.05. The molecule has 0 saturated heterocycles. The number of hydrogen-bond donors (Lipinski definition) is 1. The lowest BCUT2D eigenvalue weighted by atomic mass is 10.2. The number of hydrogen-bond acceptors (Lipinski definition) is 3. The second-order valence-electron chi connectivity index (χ2n) is 4.79. The maximum Gasteiger partial charge on any atom is 0.0918 e. The van der Waals surface area contributed by atoms with Gasteiger partial charge in [-0.25, -0.2) is 0 Å². The van der Waals surface area contributed by atoms with Gasteiger partial charge in [-0.15, -0.1) is 0 Å². The van der Waals surface area contributed by atoms with Crippen LogP contribution in [-0.4, -0.2) is 26.6 Å². The first-order valence-corrected chi connectivity index (χ1v) is 6.93. The average molecular weight is 269 g/mol. The fraction of sp³-hybridized carbons (Fsp3) is 0.333. The van der Waals surface area contributed by atoms with Gasteiger partial charge in [-0.05, 0) is 26.1 Å². The Hall–Kier alpha value is -2.14. The molecule has 1 aromatic carbocycles. The fourth-order valence-corrected chi connectivity index (χ4v) is 2.53. The van der Waals surface area contributed by atoms with E-state index < -0.39 is 0 Å². The van der Waals surface area contributed by atoms with E-state index in [1.165, 1.54) is 16.6 Å². The number of nitrogens with one attached hydrogen (secondary N) is 1. The second-order valence-corrected chi connectivity index (χ2v) is 4.79. The molecular formula is C15H19N5. The van der Waals surface area contributed by atoms with Crippen molar-refractivity contribution in [2.24, 2.45) is 0 Å². The van der Waals surface area contributed by atoms with Gasteiger partial charge in [0.05, 0.1) is 23.4 Å². The van der Waals surface area contributed by atoms with Crippen molar-refractivity contribution in [3.8, 4) is 0 Å². The number of aromatic nitrogens is 4. The van der Waals surface area contributed by atoms with E-state index in [4.69, 9.17) is 5.10 Å². The molecular weight excluding hydrogens is 250 g/mol. The lowest BCUT2D eigenvalue weighted by molar-refractivity contribution is 0.596. The van der Waals surface area contributed by atoms with Crippen molar-refractivity contribution >= 4 is 10.9 Å². The zero-order valence-corrected chi connectivity index (χ0v) is 11.9. The Morgan fingerprint density at radius 3 is 2.80 bits per heavy atom. The van der Waals surface area contributed by atoms with Gasteiger partial charge in [-0.3, -0.25) is 9.36 Å². The minimum Gasteiger partial charge on any atom is -0.314 e. The first-order valence-electron chi connectivity index (χ1n) is 6.93. The molecule has 3 rings (SSSR count). The second kappa shape index (κ2) is 5.46. The van der Waals surface area contributed by atoms with E-state index in [1.54, 1.807) is 0 Å². The molecule has 0 bridgehead atoms. The van der Waals surface area contributed by atoms with E-state index in [1.807, 2.05) is 28.7 Å². The minimum atomic E-state index is 0.706. The molecule has 2 heterocycles. The zero-order chi connectivity index (χ0) is 13.9. The lowest BCUT2D eigenvalue weighted by Crippen LogP contribution is -2.13. The van der Waals surface area contributed by atoms with Gasteiger partial charge in [0.2, 0.25) is 0 Å². The van der Waals surface area contributed by atoms with Crippen molar-refractivity contribution in [1.29, 1.82) is 0 Å². The maximum atomic E-state index is 4.72. The van der Waals surface area contributed by atoms with Crippen molar-refractivity contribution in [3.63, 3.8) is 0 Å². The molecule has 5 nitrogen and oxygen atoms in total. The number of nitrogens with zero attached hydrogens (tertiary/aromatic N) is 4. The Balaban J connectivity index is 2.00. The molecule has 0 aliphatic heterocycles. The Morgan fingerprint density at radius 2 is 2.00 bits per heavy atom. The summed E-state index contributed by atoms with van der Waals surface area (Å²) in [5, 5.41) is 13.5. The Bertz CT molecular complexity index is 710. The molecule has 0 unspecified atom stereocenters. The Morgan fingerprint density at radius 1 is 1.15 bits per heavy atom. The van der Waals surface area contributed by atoms with Crippen molar-refractivity contribution in [2.45, 2.75) is 26.6 Å². The van der Waals surface area contributed by atoms with Gasteiger partial charge >= 0.3 is 0 Å². The van der Waals surface area contributed by atoms with Gasteiger partial charge in [-0.1, -0.05) is 18.2 Å². The highest BCUT2D eigenvalue weighted by atomic mass is 15.3. The highest BCUT2D eigenvalue weighted by molar-refractivity contribution is 5.81. The van der Waals surface area contributed by atoms with Crippen molar-refractivity contribution in [1.82, 2.24) is 24.9 Å². The molecule has 1 N–H and O–H groups in total. The van der Waals surface area contributed by atoms with Crippen LogP contribution in [0.25, 0.3) is 10.9 Å². The fourth-order valence-electron chi connectivity index (χ4n) is 2.53. The molecule has 0 spiro atoms. The highest BCUT2D eigenvalue weighted by Gasteiger charge is 2.11. The van der Waals surface area contributed by atoms with Gasteiger partial charge in [0.1, 0.15) is 0 Å². The van der Waals surface area contributed by atoms with Gasteiger partial charge < -0.3 is 5.32 Å². The van der Waals surface area contributed by atoms with Crippen LogP contribution in [0.2, 0.25) is 0 Å². The topological polar surface area (TPSA) is 47.7 Å². The van der Waals surface area contributed by atoms with E-state index in [9.17, 15) is 0 Å². The molecule has 104 valence electrons. The first-order chi connectivity index (χ1) is 9.83. The largest absolute Gasteiger partial charge is 0.314 e. The molecule has 0 atom stereocenters. The molecule has 0 saturated carbocycles. The zero-order valence-electron chi connectivity index (χ0n) is 11.9. The number of fused-ring (bicyclic) bond motifs is 1. The SMILES string of the molecule is CCn1nc(Cn2nccc2CNC)c2ccccc21. The third-order valence-electron chi connectivity index (χ3n) is 3.50. The van der Waals surface area contributed by atoms with Gasteiger partial charge in [-0.2, -0.15) is 10.2 Å². The quantitative estimate of drug-likeness (QED) is 0.771. The van der Waals surface area contributed by atoms with Crippen LogP contribution in [0.4, 0.5) is 0 Å². The highest BCUT2D eigenvalue weighted by Crippen LogP contribution is 2.19. The summed E-state index contributed by atoms with van der Waals surface area (Å²) >= 11 is 0. The molecule has 0 aliphatic rings. The normalized spacial score (nSPS) is 11.3. The molecule has 0 amide bonds. The smallest absolute Gasteiger partial charge is 0.0918 e. The Kier molecular flexibility index (Phi) is 3.52. The minimum absolute atomic E-state index is 0.706. The average Bonchev–Trinajstić information content (AvgIpc) is 3.05. The number of benzene rings is 1. The van der Waals surface area contributed by atoms with E-state index in [2.05, 4.69) is 41.6 Å². The molecule has 0 aliphatic carbocycles. The summed E-state index contributed by atoms with van der Waals surface area (Å²) in [6.45, 7) is 4.51. The van der Waals surface area contributed by atoms with E-state index in [0.717, 1.165) is 18.8 Å². The van der Waals surface area contributed by atoms with Crippen LogP contribution < -0.4 is 5.32 Å². The predicted octanol–water partition coefficient (Wildman–Crippen LogP) is 2.02. The number of para-hydroxylation sites is 1. The van der Waals surface area contributed by atoms with Crippen LogP contribution in [0.1, 0.15) is 18.3 Å². The molecule has 0 radical (unpaired) electrons. The predicted molar refractivity (Wildman–Crippen MR) is 79.5 cm³/mol. The Labute approximate surface area is 118 Å². The molecule has 3 aromatic rings. The molecule has 0 fully saturated rings. The summed E-state index contributed by atoms with van der Waals surface area (Å²) in [6.07, 6.45) is 1.84. The van der Waals surface area contributed by atoms with Crippen LogP contribution in [0, 0.1) is 0 Å². The summed E-state index contributed by atoms with van der Waals surface area (Å²) in [5.41, 5.74) is 3.43. The van der Waals surface area contributed by atoms with E-state index >= 15 is 0 Å². The molecule has 2 aromatic heterocycles. The number of aryl methyl sites for hydroxylation is 1. The summed E-state index contributed by atoms with van der Waals surface area (Å²) in [6, 6.07) is 10.4. The monoisotopic (exact) mass is 269 g/mol.